The van der Waals surface area contributed by atoms with Crippen LogP contribution >= 0.6 is 0 Å². The summed E-state index contributed by atoms with van der Waals surface area (Å²) in [5, 5.41) is 2.93. The molecular weight excluding hydrogens is 316 g/mol. The molecule has 2 aromatic rings. The summed E-state index contributed by atoms with van der Waals surface area (Å²) in [4.78, 5) is 30.6. The zero-order chi connectivity index (χ0) is 17.6. The topological polar surface area (TPSA) is 67.2 Å². The van der Waals surface area contributed by atoms with Crippen LogP contribution in [0.4, 0.5) is 5.95 Å². The second-order valence-electron chi connectivity index (χ2n) is 6.39. The fourth-order valence-electron chi connectivity index (χ4n) is 3.19. The average Bonchev–Trinajstić information content (AvgIpc) is 3.08. The molecule has 3 rings (SSSR count). The molecule has 1 atom stereocenters. The summed E-state index contributed by atoms with van der Waals surface area (Å²) in [6.07, 6.45) is 5.69. The van der Waals surface area contributed by atoms with E-state index in [2.05, 4.69) is 10.3 Å². The number of rotatable bonds is 5. The van der Waals surface area contributed by atoms with Crippen molar-refractivity contribution >= 4 is 17.8 Å². The molecule has 0 unspecified atom stereocenters. The third kappa shape index (κ3) is 4.26. The van der Waals surface area contributed by atoms with Gasteiger partial charge in [0.2, 0.25) is 17.8 Å². The molecule has 1 aromatic carbocycles. The van der Waals surface area contributed by atoms with Crippen LogP contribution in [0.5, 0.6) is 0 Å². The van der Waals surface area contributed by atoms with E-state index < -0.39 is 0 Å². The molecule has 0 saturated carbocycles. The van der Waals surface area contributed by atoms with E-state index >= 15 is 0 Å². The predicted molar refractivity (Wildman–Crippen MR) is 96.0 cm³/mol. The molecule has 132 valence electrons. The van der Waals surface area contributed by atoms with Crippen LogP contribution in [0.15, 0.2) is 42.7 Å². The molecule has 0 aliphatic carbocycles. The number of carbonyl (C=O) groups is 2. The highest BCUT2D eigenvalue weighted by Crippen LogP contribution is 2.19. The van der Waals surface area contributed by atoms with Gasteiger partial charge in [-0.1, -0.05) is 37.3 Å². The first kappa shape index (κ1) is 17.2. The minimum Gasteiger partial charge on any atom is -0.342 e. The number of likely N-dealkylation sites (tertiary alicyclic amines) is 1. The van der Waals surface area contributed by atoms with Crippen LogP contribution in [0, 0.1) is 5.92 Å². The molecule has 2 heterocycles. The zero-order valence-corrected chi connectivity index (χ0v) is 14.5. The van der Waals surface area contributed by atoms with Crippen molar-refractivity contribution in [1.82, 2.24) is 14.5 Å². The lowest BCUT2D eigenvalue weighted by Gasteiger charge is -2.31. The molecule has 6 nitrogen and oxygen atoms in total. The number of piperidine rings is 1. The van der Waals surface area contributed by atoms with Gasteiger partial charge < -0.3 is 9.47 Å². The van der Waals surface area contributed by atoms with Gasteiger partial charge in [0.25, 0.3) is 0 Å². The van der Waals surface area contributed by atoms with Crippen molar-refractivity contribution in [2.24, 2.45) is 5.92 Å². The Hall–Kier alpha value is -2.63. The van der Waals surface area contributed by atoms with Gasteiger partial charge in [-0.3, -0.25) is 14.9 Å². The molecule has 0 bridgehead atoms. The number of nitrogens with one attached hydrogen (secondary N) is 1. The fraction of sp³-hybridized carbons (Fsp3) is 0.421. The number of anilines is 1. The summed E-state index contributed by atoms with van der Waals surface area (Å²) in [5.74, 6) is 0.427. The average molecular weight is 340 g/mol. The Balaban J connectivity index is 1.63. The normalized spacial score (nSPS) is 17.3. The van der Waals surface area contributed by atoms with Crippen LogP contribution in [0.1, 0.15) is 31.7 Å². The lowest BCUT2D eigenvalue weighted by Crippen LogP contribution is -2.43. The summed E-state index contributed by atoms with van der Waals surface area (Å²) in [5.41, 5.74) is 1.15. The third-order valence-corrected chi connectivity index (χ3v) is 4.59. The standard InChI is InChI=1S/C19H24N4O2/c1-2-17(24)22-11-6-9-16(14-22)18(25)21-19-20-10-12-23(19)13-15-7-4-3-5-8-15/h3-5,7-8,10,12,16H,2,6,9,11,13-14H2,1H3,(H,20,21,25)/t16-/m0/s1. The Labute approximate surface area is 147 Å². The molecule has 25 heavy (non-hydrogen) atoms. The predicted octanol–water partition coefficient (Wildman–Crippen LogP) is 2.52. The van der Waals surface area contributed by atoms with Gasteiger partial charge in [0.15, 0.2) is 0 Å². The molecule has 6 heteroatoms. The Morgan fingerprint density at radius 2 is 2.08 bits per heavy atom. The maximum atomic E-state index is 12.6. The molecule has 0 radical (unpaired) electrons. The van der Waals surface area contributed by atoms with E-state index in [0.29, 0.717) is 25.5 Å². The Morgan fingerprint density at radius 1 is 1.28 bits per heavy atom. The van der Waals surface area contributed by atoms with Gasteiger partial charge >= 0.3 is 0 Å². The SMILES string of the molecule is CCC(=O)N1CCC[C@H](C(=O)Nc2nccn2Cc2ccccc2)C1. The second kappa shape index (κ2) is 7.96. The Morgan fingerprint density at radius 3 is 2.84 bits per heavy atom. The monoisotopic (exact) mass is 340 g/mol. The van der Waals surface area contributed by atoms with Crippen LogP contribution in [0.2, 0.25) is 0 Å². The number of amides is 2. The maximum absolute atomic E-state index is 12.6. The largest absolute Gasteiger partial charge is 0.342 e. The lowest BCUT2D eigenvalue weighted by atomic mass is 9.97. The highest BCUT2D eigenvalue weighted by molar-refractivity contribution is 5.91. The van der Waals surface area contributed by atoms with Gasteiger partial charge in [-0.2, -0.15) is 0 Å². The van der Waals surface area contributed by atoms with Gasteiger partial charge in [0, 0.05) is 31.9 Å². The van der Waals surface area contributed by atoms with E-state index in [-0.39, 0.29) is 17.7 Å². The minimum atomic E-state index is -0.175. The number of hydrogen-bond donors (Lipinski definition) is 1. The van der Waals surface area contributed by atoms with Crippen LogP contribution in [-0.4, -0.2) is 39.4 Å². The van der Waals surface area contributed by atoms with Crippen LogP contribution in [0.25, 0.3) is 0 Å². The van der Waals surface area contributed by atoms with E-state index in [9.17, 15) is 9.59 Å². The van der Waals surface area contributed by atoms with Crippen LogP contribution < -0.4 is 5.32 Å². The first-order valence-corrected chi connectivity index (χ1v) is 8.81. The van der Waals surface area contributed by atoms with Crippen molar-refractivity contribution in [3.63, 3.8) is 0 Å². The number of benzene rings is 1. The van der Waals surface area contributed by atoms with Crippen molar-refractivity contribution in [1.29, 1.82) is 0 Å². The molecule has 0 spiro atoms. The summed E-state index contributed by atoms with van der Waals surface area (Å²) in [7, 11) is 0. The van der Waals surface area contributed by atoms with Crippen molar-refractivity contribution < 1.29 is 9.59 Å². The summed E-state index contributed by atoms with van der Waals surface area (Å²) in [6.45, 7) is 3.75. The second-order valence-corrected chi connectivity index (χ2v) is 6.39. The van der Waals surface area contributed by atoms with Crippen molar-refractivity contribution in [2.75, 3.05) is 18.4 Å². The third-order valence-electron chi connectivity index (χ3n) is 4.59. The summed E-state index contributed by atoms with van der Waals surface area (Å²) in [6, 6.07) is 10.0. The lowest BCUT2D eigenvalue weighted by molar-refractivity contribution is -0.134. The molecular formula is C19H24N4O2. The number of aromatic nitrogens is 2. The minimum absolute atomic E-state index is 0.0610. The highest BCUT2D eigenvalue weighted by Gasteiger charge is 2.28. The van der Waals surface area contributed by atoms with Crippen molar-refractivity contribution in [3.05, 3.63) is 48.3 Å². The van der Waals surface area contributed by atoms with Crippen molar-refractivity contribution in [3.8, 4) is 0 Å². The van der Waals surface area contributed by atoms with Gasteiger partial charge in [-0.15, -0.1) is 0 Å². The van der Waals surface area contributed by atoms with E-state index in [0.717, 1.165) is 24.9 Å². The van der Waals surface area contributed by atoms with Gasteiger partial charge in [0.1, 0.15) is 0 Å². The van der Waals surface area contributed by atoms with Gasteiger partial charge in [-0.25, -0.2) is 4.98 Å². The first-order valence-electron chi connectivity index (χ1n) is 8.81. The molecule has 1 aliphatic heterocycles. The highest BCUT2D eigenvalue weighted by atomic mass is 16.2. The number of carbonyl (C=O) groups excluding carboxylic acids is 2. The summed E-state index contributed by atoms with van der Waals surface area (Å²) < 4.78 is 1.92. The maximum Gasteiger partial charge on any atom is 0.231 e. The fourth-order valence-corrected chi connectivity index (χ4v) is 3.19. The van der Waals surface area contributed by atoms with Gasteiger partial charge in [-0.05, 0) is 18.4 Å². The van der Waals surface area contributed by atoms with Crippen LogP contribution in [0.3, 0.4) is 0 Å². The molecule has 2 amide bonds. The number of nitrogens with zero attached hydrogens (tertiary/aromatic N) is 3. The molecule has 1 aliphatic rings. The Kier molecular flexibility index (Phi) is 5.48. The number of imidazole rings is 1. The zero-order valence-electron chi connectivity index (χ0n) is 14.5. The van der Waals surface area contributed by atoms with E-state index in [1.165, 1.54) is 0 Å². The molecule has 1 aromatic heterocycles. The Bertz CT molecular complexity index is 726. The smallest absolute Gasteiger partial charge is 0.231 e. The van der Waals surface area contributed by atoms with E-state index in [1.54, 1.807) is 11.1 Å². The van der Waals surface area contributed by atoms with Crippen molar-refractivity contribution in [2.45, 2.75) is 32.7 Å². The quantitative estimate of drug-likeness (QED) is 0.909. The number of hydrogen-bond acceptors (Lipinski definition) is 3. The van der Waals surface area contributed by atoms with Crippen LogP contribution in [-0.2, 0) is 16.1 Å². The molecule has 1 N–H and O–H groups in total. The first-order chi connectivity index (χ1) is 12.2. The summed E-state index contributed by atoms with van der Waals surface area (Å²) >= 11 is 0. The van der Waals surface area contributed by atoms with E-state index in [4.69, 9.17) is 0 Å². The molecule has 1 fully saturated rings. The van der Waals surface area contributed by atoms with E-state index in [1.807, 2.05) is 48.0 Å². The molecule has 1 saturated heterocycles. The van der Waals surface area contributed by atoms with Gasteiger partial charge in [0.05, 0.1) is 12.5 Å².